The van der Waals surface area contributed by atoms with Gasteiger partial charge in [-0.2, -0.15) is 0 Å². The molecule has 0 saturated carbocycles. The van der Waals surface area contributed by atoms with E-state index in [-0.39, 0.29) is 6.61 Å². The number of fused-ring (bicyclic) bond motifs is 1. The van der Waals surface area contributed by atoms with E-state index in [1.807, 2.05) is 36.4 Å². The van der Waals surface area contributed by atoms with Gasteiger partial charge in [0.05, 0.1) is 24.2 Å². The van der Waals surface area contributed by atoms with Gasteiger partial charge >= 0.3 is 5.63 Å². The molecule has 130 valence electrons. The average molecular weight is 368 g/mol. The standard InChI is InChI=1S/C19H14ClN3O3/c20-14-5-3-4-13(8-14)10-23-11-15(21-22-23)12-25-18-9-19(24)26-17-7-2-1-6-16(17)18/h1-9,11H,10,12H2. The summed E-state index contributed by atoms with van der Waals surface area (Å²) in [6.07, 6.45) is 1.80. The first-order valence-corrected chi connectivity index (χ1v) is 8.34. The molecule has 0 aliphatic heterocycles. The predicted octanol–water partition coefficient (Wildman–Crippen LogP) is 3.67. The topological polar surface area (TPSA) is 70.2 Å². The van der Waals surface area contributed by atoms with E-state index >= 15 is 0 Å². The van der Waals surface area contributed by atoms with Crippen molar-refractivity contribution in [1.29, 1.82) is 0 Å². The van der Waals surface area contributed by atoms with E-state index in [1.165, 1.54) is 6.07 Å². The van der Waals surface area contributed by atoms with Crippen molar-refractivity contribution in [3.8, 4) is 5.75 Å². The lowest BCUT2D eigenvalue weighted by Crippen LogP contribution is -2.02. The monoisotopic (exact) mass is 367 g/mol. The lowest BCUT2D eigenvalue weighted by atomic mass is 10.2. The van der Waals surface area contributed by atoms with Gasteiger partial charge in [0.25, 0.3) is 0 Å². The molecule has 0 saturated heterocycles. The fourth-order valence-electron chi connectivity index (χ4n) is 2.66. The number of hydrogen-bond donors (Lipinski definition) is 0. The highest BCUT2D eigenvalue weighted by Crippen LogP contribution is 2.23. The maximum absolute atomic E-state index is 11.7. The molecule has 0 bridgehead atoms. The number of rotatable bonds is 5. The minimum absolute atomic E-state index is 0.197. The Balaban J connectivity index is 1.49. The van der Waals surface area contributed by atoms with Crippen molar-refractivity contribution in [3.05, 3.63) is 87.5 Å². The molecule has 2 aromatic heterocycles. The van der Waals surface area contributed by atoms with Crippen LogP contribution in [0.15, 0.2) is 70.0 Å². The Morgan fingerprint density at radius 1 is 1.12 bits per heavy atom. The molecule has 4 rings (SSSR count). The molecule has 0 spiro atoms. The molecule has 0 aliphatic carbocycles. The van der Waals surface area contributed by atoms with Crippen molar-refractivity contribution in [2.75, 3.05) is 0 Å². The minimum Gasteiger partial charge on any atom is -0.486 e. The third kappa shape index (κ3) is 3.60. The zero-order valence-electron chi connectivity index (χ0n) is 13.6. The number of halogens is 1. The Hall–Kier alpha value is -3.12. The van der Waals surface area contributed by atoms with E-state index in [1.54, 1.807) is 23.0 Å². The van der Waals surface area contributed by atoms with Gasteiger partial charge in [-0.3, -0.25) is 0 Å². The summed E-state index contributed by atoms with van der Waals surface area (Å²) in [7, 11) is 0. The molecule has 0 unspecified atom stereocenters. The molecule has 6 nitrogen and oxygen atoms in total. The van der Waals surface area contributed by atoms with Gasteiger partial charge in [-0.15, -0.1) is 5.10 Å². The van der Waals surface area contributed by atoms with Gasteiger partial charge in [0.1, 0.15) is 23.6 Å². The molecular formula is C19H14ClN3O3. The van der Waals surface area contributed by atoms with Crippen LogP contribution in [0.4, 0.5) is 0 Å². The largest absolute Gasteiger partial charge is 0.486 e. The summed E-state index contributed by atoms with van der Waals surface area (Å²) < 4.78 is 12.6. The first-order valence-electron chi connectivity index (χ1n) is 7.96. The van der Waals surface area contributed by atoms with Gasteiger partial charge in [0, 0.05) is 5.02 Å². The highest BCUT2D eigenvalue weighted by molar-refractivity contribution is 6.30. The summed E-state index contributed by atoms with van der Waals surface area (Å²) in [5.41, 5.74) is 1.72. The maximum atomic E-state index is 11.7. The van der Waals surface area contributed by atoms with Crippen molar-refractivity contribution in [2.45, 2.75) is 13.2 Å². The third-order valence-electron chi connectivity index (χ3n) is 3.81. The van der Waals surface area contributed by atoms with Crippen LogP contribution in [0.25, 0.3) is 11.0 Å². The van der Waals surface area contributed by atoms with Crippen molar-refractivity contribution in [2.24, 2.45) is 0 Å². The van der Waals surface area contributed by atoms with E-state index in [9.17, 15) is 4.79 Å². The first kappa shape index (κ1) is 16.4. The first-order chi connectivity index (χ1) is 12.7. The third-order valence-corrected chi connectivity index (χ3v) is 4.04. The molecule has 2 heterocycles. The van der Waals surface area contributed by atoms with Crippen LogP contribution in [0.3, 0.4) is 0 Å². The van der Waals surface area contributed by atoms with Gasteiger partial charge in [-0.05, 0) is 29.8 Å². The number of ether oxygens (including phenoxy) is 1. The van der Waals surface area contributed by atoms with Gasteiger partial charge in [0.2, 0.25) is 0 Å². The second-order valence-corrected chi connectivity index (χ2v) is 6.19. The Labute approximate surface area is 153 Å². The molecule has 0 atom stereocenters. The maximum Gasteiger partial charge on any atom is 0.339 e. The molecule has 2 aromatic carbocycles. The number of hydrogen-bond acceptors (Lipinski definition) is 5. The molecule has 0 radical (unpaired) electrons. The van der Waals surface area contributed by atoms with Crippen LogP contribution in [0.1, 0.15) is 11.3 Å². The summed E-state index contributed by atoms with van der Waals surface area (Å²) in [6, 6.07) is 16.1. The fourth-order valence-corrected chi connectivity index (χ4v) is 2.87. The number of aromatic nitrogens is 3. The van der Waals surface area contributed by atoms with Gasteiger partial charge < -0.3 is 9.15 Å². The zero-order chi connectivity index (χ0) is 17.9. The molecule has 26 heavy (non-hydrogen) atoms. The predicted molar refractivity (Wildman–Crippen MR) is 97.4 cm³/mol. The summed E-state index contributed by atoms with van der Waals surface area (Å²) in [6.45, 7) is 0.758. The molecule has 4 aromatic rings. The Morgan fingerprint density at radius 3 is 2.88 bits per heavy atom. The average Bonchev–Trinajstić information content (AvgIpc) is 3.07. The van der Waals surface area contributed by atoms with Crippen LogP contribution in [0.2, 0.25) is 5.02 Å². The van der Waals surface area contributed by atoms with Crippen LogP contribution >= 0.6 is 11.6 Å². The van der Waals surface area contributed by atoms with E-state index in [2.05, 4.69) is 10.3 Å². The summed E-state index contributed by atoms with van der Waals surface area (Å²) in [4.78, 5) is 11.7. The van der Waals surface area contributed by atoms with E-state index < -0.39 is 5.63 Å². The summed E-state index contributed by atoms with van der Waals surface area (Å²) in [5, 5.41) is 9.62. The van der Waals surface area contributed by atoms with E-state index in [4.69, 9.17) is 20.8 Å². The van der Waals surface area contributed by atoms with Crippen molar-refractivity contribution >= 4 is 22.6 Å². The highest BCUT2D eigenvalue weighted by Gasteiger charge is 2.08. The normalized spacial score (nSPS) is 11.0. The molecular weight excluding hydrogens is 354 g/mol. The zero-order valence-corrected chi connectivity index (χ0v) is 14.4. The SMILES string of the molecule is O=c1cc(OCc2cn(Cc3cccc(Cl)c3)nn2)c2ccccc2o1. The van der Waals surface area contributed by atoms with Crippen LogP contribution in [0, 0.1) is 0 Å². The molecule has 0 N–H and O–H groups in total. The minimum atomic E-state index is -0.455. The highest BCUT2D eigenvalue weighted by atomic mass is 35.5. The quantitative estimate of drug-likeness (QED) is 0.503. The van der Waals surface area contributed by atoms with Gasteiger partial charge in [0.15, 0.2) is 0 Å². The second kappa shape index (κ2) is 7.01. The molecule has 7 heteroatoms. The van der Waals surface area contributed by atoms with E-state index in [0.717, 1.165) is 10.9 Å². The lowest BCUT2D eigenvalue weighted by molar-refractivity contribution is 0.302. The second-order valence-electron chi connectivity index (χ2n) is 5.75. The lowest BCUT2D eigenvalue weighted by Gasteiger charge is -2.06. The Kier molecular flexibility index (Phi) is 4.41. The smallest absolute Gasteiger partial charge is 0.339 e. The van der Waals surface area contributed by atoms with Crippen LogP contribution in [-0.4, -0.2) is 15.0 Å². The van der Waals surface area contributed by atoms with Crippen molar-refractivity contribution < 1.29 is 9.15 Å². The molecule has 0 aliphatic rings. The Bertz CT molecular complexity index is 1120. The van der Waals surface area contributed by atoms with Crippen molar-refractivity contribution in [3.63, 3.8) is 0 Å². The molecule has 0 fully saturated rings. The van der Waals surface area contributed by atoms with Crippen molar-refractivity contribution in [1.82, 2.24) is 15.0 Å². The summed E-state index contributed by atoms with van der Waals surface area (Å²) in [5.74, 6) is 0.459. The number of nitrogens with zero attached hydrogens (tertiary/aromatic N) is 3. The van der Waals surface area contributed by atoms with Crippen LogP contribution in [0.5, 0.6) is 5.75 Å². The number of para-hydroxylation sites is 1. The van der Waals surface area contributed by atoms with Crippen LogP contribution in [-0.2, 0) is 13.2 Å². The van der Waals surface area contributed by atoms with Gasteiger partial charge in [-0.25, -0.2) is 9.48 Å². The summed E-state index contributed by atoms with van der Waals surface area (Å²) >= 11 is 6.00. The molecule has 0 amide bonds. The van der Waals surface area contributed by atoms with Gasteiger partial charge in [-0.1, -0.05) is 41.1 Å². The fraction of sp³-hybridized carbons (Fsp3) is 0.105. The number of benzene rings is 2. The Morgan fingerprint density at radius 2 is 2.00 bits per heavy atom. The van der Waals surface area contributed by atoms with E-state index in [0.29, 0.717) is 28.6 Å². The van der Waals surface area contributed by atoms with Crippen LogP contribution < -0.4 is 10.4 Å².